The second-order valence-electron chi connectivity index (χ2n) is 5.60. The number of piperidine rings is 1. The molecule has 1 rings (SSSR count). The van der Waals surface area contributed by atoms with E-state index in [0.29, 0.717) is 12.0 Å². The molecule has 17 heavy (non-hydrogen) atoms. The molecular weight excluding hydrogens is 212 g/mol. The zero-order chi connectivity index (χ0) is 12.9. The van der Waals surface area contributed by atoms with Gasteiger partial charge in [0.25, 0.3) is 0 Å². The summed E-state index contributed by atoms with van der Waals surface area (Å²) in [6.45, 7) is 12.8. The van der Waals surface area contributed by atoms with Crippen LogP contribution in [0.4, 0.5) is 0 Å². The zero-order valence-corrected chi connectivity index (χ0v) is 12.0. The van der Waals surface area contributed by atoms with Gasteiger partial charge in [0.15, 0.2) is 0 Å². The van der Waals surface area contributed by atoms with Crippen LogP contribution in [0, 0.1) is 5.92 Å². The van der Waals surface area contributed by atoms with Crippen LogP contribution in [0.1, 0.15) is 47.0 Å². The lowest BCUT2D eigenvalue weighted by Gasteiger charge is -2.41. The van der Waals surface area contributed by atoms with Crippen LogP contribution in [0.25, 0.3) is 0 Å². The zero-order valence-electron chi connectivity index (χ0n) is 12.0. The molecule has 1 heterocycles. The van der Waals surface area contributed by atoms with Gasteiger partial charge in [0, 0.05) is 19.1 Å². The molecule has 1 saturated heterocycles. The summed E-state index contributed by atoms with van der Waals surface area (Å²) in [5.41, 5.74) is -0.481. The van der Waals surface area contributed by atoms with Gasteiger partial charge in [0.05, 0.1) is 5.60 Å². The lowest BCUT2D eigenvalue weighted by Crippen LogP contribution is -2.52. The van der Waals surface area contributed by atoms with E-state index >= 15 is 0 Å². The Balaban J connectivity index is 2.44. The molecule has 102 valence electrons. The number of likely N-dealkylation sites (tertiary alicyclic amines) is 1. The highest BCUT2D eigenvalue weighted by Crippen LogP contribution is 2.22. The predicted molar refractivity (Wildman–Crippen MR) is 73.2 cm³/mol. The summed E-state index contributed by atoms with van der Waals surface area (Å²) in [7, 11) is 0. The topological polar surface area (TPSA) is 35.5 Å². The van der Waals surface area contributed by atoms with Gasteiger partial charge in [0.2, 0.25) is 0 Å². The normalized spacial score (nSPS) is 27.4. The first-order valence-electron chi connectivity index (χ1n) is 7.22. The molecule has 0 aromatic heterocycles. The molecule has 1 aliphatic heterocycles. The predicted octanol–water partition coefficient (Wildman–Crippen LogP) is 1.86. The molecule has 2 atom stereocenters. The first-order valence-corrected chi connectivity index (χ1v) is 7.22. The molecule has 0 amide bonds. The number of nitrogens with zero attached hydrogens (tertiary/aromatic N) is 1. The van der Waals surface area contributed by atoms with Crippen molar-refractivity contribution in [3.8, 4) is 0 Å². The molecule has 0 aliphatic carbocycles. The first-order chi connectivity index (χ1) is 8.04. The van der Waals surface area contributed by atoms with Crippen molar-refractivity contribution in [2.24, 2.45) is 5.92 Å². The Bertz CT molecular complexity index is 216. The Morgan fingerprint density at radius 1 is 1.29 bits per heavy atom. The lowest BCUT2D eigenvalue weighted by molar-refractivity contribution is -0.0160. The maximum atomic E-state index is 10.4. The molecule has 0 spiro atoms. The molecule has 1 fully saturated rings. The average Bonchev–Trinajstić information content (AvgIpc) is 2.33. The van der Waals surface area contributed by atoms with Gasteiger partial charge < -0.3 is 15.3 Å². The summed E-state index contributed by atoms with van der Waals surface area (Å²) in [5, 5.41) is 13.9. The third kappa shape index (κ3) is 4.23. The van der Waals surface area contributed by atoms with Crippen molar-refractivity contribution in [3.63, 3.8) is 0 Å². The van der Waals surface area contributed by atoms with Gasteiger partial charge in [-0.1, -0.05) is 27.7 Å². The van der Waals surface area contributed by atoms with E-state index in [1.165, 1.54) is 6.42 Å². The Hall–Kier alpha value is -0.120. The largest absolute Gasteiger partial charge is 0.389 e. The minimum absolute atomic E-state index is 0.481. The fourth-order valence-electron chi connectivity index (χ4n) is 2.83. The number of hydrogen-bond acceptors (Lipinski definition) is 3. The number of aliphatic hydroxyl groups is 1. The van der Waals surface area contributed by atoms with Gasteiger partial charge in [-0.05, 0) is 38.3 Å². The molecule has 0 saturated carbocycles. The van der Waals surface area contributed by atoms with Crippen molar-refractivity contribution in [2.45, 2.75) is 58.6 Å². The van der Waals surface area contributed by atoms with Crippen molar-refractivity contribution >= 4 is 0 Å². The van der Waals surface area contributed by atoms with Crippen LogP contribution in [-0.2, 0) is 0 Å². The Labute approximate surface area is 107 Å². The van der Waals surface area contributed by atoms with Crippen molar-refractivity contribution in [1.29, 1.82) is 0 Å². The van der Waals surface area contributed by atoms with Crippen molar-refractivity contribution in [1.82, 2.24) is 10.2 Å². The van der Waals surface area contributed by atoms with E-state index in [4.69, 9.17) is 0 Å². The summed E-state index contributed by atoms with van der Waals surface area (Å²) in [4.78, 5) is 2.44. The third-order valence-corrected chi connectivity index (χ3v) is 4.29. The highest BCUT2D eigenvalue weighted by atomic mass is 16.3. The standard InChI is InChI=1S/C14H30N2O/c1-5-14(17,6-2)11-16-9-8-13(15-7-3)12(4)10-16/h12-13,15,17H,5-11H2,1-4H3. The molecule has 0 radical (unpaired) electrons. The second kappa shape index (κ2) is 6.72. The van der Waals surface area contributed by atoms with E-state index in [9.17, 15) is 5.11 Å². The van der Waals surface area contributed by atoms with Gasteiger partial charge in [-0.15, -0.1) is 0 Å². The average molecular weight is 242 g/mol. The third-order valence-electron chi connectivity index (χ3n) is 4.29. The van der Waals surface area contributed by atoms with Crippen molar-refractivity contribution in [2.75, 3.05) is 26.2 Å². The minimum atomic E-state index is -0.481. The summed E-state index contributed by atoms with van der Waals surface area (Å²) < 4.78 is 0. The molecule has 2 N–H and O–H groups in total. The Morgan fingerprint density at radius 2 is 1.94 bits per heavy atom. The van der Waals surface area contributed by atoms with Crippen LogP contribution in [-0.4, -0.2) is 47.8 Å². The molecular formula is C14H30N2O. The van der Waals surface area contributed by atoms with E-state index < -0.39 is 5.60 Å². The smallest absolute Gasteiger partial charge is 0.0768 e. The van der Waals surface area contributed by atoms with Gasteiger partial charge >= 0.3 is 0 Å². The van der Waals surface area contributed by atoms with Crippen LogP contribution in [0.15, 0.2) is 0 Å². The highest BCUT2D eigenvalue weighted by molar-refractivity contribution is 4.87. The summed E-state index contributed by atoms with van der Waals surface area (Å²) in [6, 6.07) is 0.660. The minimum Gasteiger partial charge on any atom is -0.389 e. The molecule has 1 aliphatic rings. The summed E-state index contributed by atoms with van der Waals surface area (Å²) in [5.74, 6) is 0.682. The molecule has 0 bridgehead atoms. The van der Waals surface area contributed by atoms with Gasteiger partial charge in [-0.2, -0.15) is 0 Å². The number of β-amino-alcohol motifs (C(OH)–C–C–N with tert-alkyl or cyclic N) is 1. The maximum absolute atomic E-state index is 10.4. The van der Waals surface area contributed by atoms with Crippen LogP contribution in [0.5, 0.6) is 0 Å². The van der Waals surface area contributed by atoms with Crippen molar-refractivity contribution < 1.29 is 5.11 Å². The lowest BCUT2D eigenvalue weighted by atomic mass is 9.91. The highest BCUT2D eigenvalue weighted by Gasteiger charge is 2.30. The molecule has 3 heteroatoms. The van der Waals surface area contributed by atoms with Crippen molar-refractivity contribution in [3.05, 3.63) is 0 Å². The molecule has 2 unspecified atom stereocenters. The summed E-state index contributed by atoms with van der Waals surface area (Å²) in [6.07, 6.45) is 2.91. The van der Waals surface area contributed by atoms with E-state index in [1.807, 2.05) is 0 Å². The molecule has 0 aromatic rings. The maximum Gasteiger partial charge on any atom is 0.0768 e. The number of rotatable bonds is 6. The molecule has 3 nitrogen and oxygen atoms in total. The van der Waals surface area contributed by atoms with Gasteiger partial charge in [-0.25, -0.2) is 0 Å². The monoisotopic (exact) mass is 242 g/mol. The van der Waals surface area contributed by atoms with Crippen LogP contribution < -0.4 is 5.32 Å². The Kier molecular flexibility index (Phi) is 5.90. The van der Waals surface area contributed by atoms with E-state index in [0.717, 1.165) is 39.0 Å². The van der Waals surface area contributed by atoms with Gasteiger partial charge in [0.1, 0.15) is 0 Å². The van der Waals surface area contributed by atoms with Crippen LogP contribution in [0.2, 0.25) is 0 Å². The second-order valence-corrected chi connectivity index (χ2v) is 5.60. The van der Waals surface area contributed by atoms with E-state index in [2.05, 4.69) is 37.9 Å². The van der Waals surface area contributed by atoms with E-state index in [1.54, 1.807) is 0 Å². The Morgan fingerprint density at radius 3 is 2.41 bits per heavy atom. The first kappa shape index (κ1) is 14.9. The fraction of sp³-hybridized carbons (Fsp3) is 1.00. The van der Waals surface area contributed by atoms with Crippen LogP contribution in [0.3, 0.4) is 0 Å². The summed E-state index contributed by atoms with van der Waals surface area (Å²) >= 11 is 0. The van der Waals surface area contributed by atoms with Crippen LogP contribution >= 0.6 is 0 Å². The SMILES string of the molecule is CCNC1CCN(CC(O)(CC)CC)CC1C. The number of nitrogens with one attached hydrogen (secondary N) is 1. The fourth-order valence-corrected chi connectivity index (χ4v) is 2.83. The van der Waals surface area contributed by atoms with E-state index in [-0.39, 0.29) is 0 Å². The molecule has 0 aromatic carbocycles. The van der Waals surface area contributed by atoms with Gasteiger partial charge in [-0.3, -0.25) is 0 Å². The quantitative estimate of drug-likeness (QED) is 0.746. The number of hydrogen-bond donors (Lipinski definition) is 2.